The first kappa shape index (κ1) is 20.0. The molecule has 0 spiro atoms. The van der Waals surface area contributed by atoms with Crippen molar-refractivity contribution >= 4 is 5.97 Å². The third-order valence-corrected chi connectivity index (χ3v) is 5.60. The highest BCUT2D eigenvalue weighted by atomic mass is 16.6. The second-order valence-electron chi connectivity index (χ2n) is 7.11. The Kier molecular flexibility index (Phi) is 5.31. The summed E-state index contributed by atoms with van der Waals surface area (Å²) < 4.78 is 10.5. The predicted molar refractivity (Wildman–Crippen MR) is 103 cm³/mol. The summed E-state index contributed by atoms with van der Waals surface area (Å²) in [6.45, 7) is 1.29. The lowest BCUT2D eigenvalue weighted by molar-refractivity contribution is -0.132. The molecule has 1 aromatic carbocycles. The van der Waals surface area contributed by atoms with E-state index in [1.165, 1.54) is 14.0 Å². The lowest BCUT2D eigenvalue weighted by Gasteiger charge is -2.43. The van der Waals surface area contributed by atoms with E-state index in [0.717, 1.165) is 24.8 Å². The smallest absolute Gasteiger partial charge is 0.308 e. The summed E-state index contributed by atoms with van der Waals surface area (Å²) in [6, 6.07) is 11.3. The highest BCUT2D eigenvalue weighted by Crippen LogP contribution is 2.56. The van der Waals surface area contributed by atoms with E-state index < -0.39 is 17.3 Å². The van der Waals surface area contributed by atoms with Crippen molar-refractivity contribution in [1.29, 1.82) is 15.8 Å². The van der Waals surface area contributed by atoms with Gasteiger partial charge in [0.25, 0.3) is 0 Å². The molecule has 0 aliphatic heterocycles. The lowest BCUT2D eigenvalue weighted by Crippen LogP contribution is -2.42. The summed E-state index contributed by atoms with van der Waals surface area (Å²) in [5.41, 5.74) is 6.26. The zero-order chi connectivity index (χ0) is 21.2. The van der Waals surface area contributed by atoms with Gasteiger partial charge in [0.15, 0.2) is 16.9 Å². The third kappa shape index (κ3) is 3.10. The quantitative estimate of drug-likeness (QED) is 0.621. The molecule has 0 fully saturated rings. The molecule has 0 unspecified atom stereocenters. The molecule has 0 heterocycles. The second kappa shape index (κ2) is 7.70. The van der Waals surface area contributed by atoms with Crippen LogP contribution in [0, 0.1) is 45.3 Å². The molecular formula is C22H20N4O3. The summed E-state index contributed by atoms with van der Waals surface area (Å²) >= 11 is 0. The molecule has 1 aromatic rings. The maximum atomic E-state index is 11.3. The van der Waals surface area contributed by atoms with Crippen molar-refractivity contribution in [3.63, 3.8) is 0 Å². The van der Waals surface area contributed by atoms with Crippen LogP contribution in [0.1, 0.15) is 37.7 Å². The third-order valence-electron chi connectivity index (χ3n) is 5.60. The van der Waals surface area contributed by atoms with Crippen molar-refractivity contribution in [1.82, 2.24) is 0 Å². The Labute approximate surface area is 169 Å². The first-order valence-electron chi connectivity index (χ1n) is 9.23. The fourth-order valence-electron chi connectivity index (χ4n) is 4.37. The number of nitrogens with two attached hydrogens (primary N) is 1. The van der Waals surface area contributed by atoms with E-state index in [-0.39, 0.29) is 22.9 Å². The number of nitrogens with zero attached hydrogens (tertiary/aromatic N) is 3. The van der Waals surface area contributed by atoms with Gasteiger partial charge in [-0.3, -0.25) is 4.79 Å². The number of rotatable bonds is 3. The molecule has 146 valence electrons. The van der Waals surface area contributed by atoms with Crippen molar-refractivity contribution < 1.29 is 14.3 Å². The SMILES string of the molecule is COc1cc([C@@H]2[C@@H]3CCCC=C3C(C#N)=C(N)C2(C#N)C#N)ccc1OC(C)=O. The van der Waals surface area contributed by atoms with Gasteiger partial charge in [-0.1, -0.05) is 12.1 Å². The van der Waals surface area contributed by atoms with E-state index in [1.54, 1.807) is 18.2 Å². The highest BCUT2D eigenvalue weighted by Gasteiger charge is 2.53. The predicted octanol–water partition coefficient (Wildman–Crippen LogP) is 3.21. The number of esters is 1. The molecule has 2 aliphatic carbocycles. The van der Waals surface area contributed by atoms with Crippen LogP contribution >= 0.6 is 0 Å². The van der Waals surface area contributed by atoms with E-state index in [0.29, 0.717) is 11.3 Å². The van der Waals surface area contributed by atoms with Crippen LogP contribution < -0.4 is 15.2 Å². The lowest BCUT2D eigenvalue weighted by atomic mass is 9.57. The minimum absolute atomic E-state index is 0.0116. The van der Waals surface area contributed by atoms with Gasteiger partial charge in [0.2, 0.25) is 0 Å². The van der Waals surface area contributed by atoms with Crippen LogP contribution in [-0.2, 0) is 4.79 Å². The molecule has 0 bridgehead atoms. The summed E-state index contributed by atoms with van der Waals surface area (Å²) in [7, 11) is 1.45. The number of allylic oxidation sites excluding steroid dienone is 4. The molecule has 0 radical (unpaired) electrons. The normalized spacial score (nSPS) is 22.2. The Bertz CT molecular complexity index is 1040. The largest absolute Gasteiger partial charge is 0.493 e. The number of fused-ring (bicyclic) bond motifs is 1. The molecule has 0 aromatic heterocycles. The van der Waals surface area contributed by atoms with Gasteiger partial charge in [-0.05, 0) is 48.4 Å². The molecule has 7 nitrogen and oxygen atoms in total. The molecule has 2 atom stereocenters. The zero-order valence-electron chi connectivity index (χ0n) is 16.2. The summed E-state index contributed by atoms with van der Waals surface area (Å²) in [5.74, 6) is -0.701. The number of hydrogen-bond donors (Lipinski definition) is 1. The average Bonchev–Trinajstić information content (AvgIpc) is 2.73. The van der Waals surface area contributed by atoms with Gasteiger partial charge in [-0.25, -0.2) is 0 Å². The molecule has 2 N–H and O–H groups in total. The van der Waals surface area contributed by atoms with E-state index >= 15 is 0 Å². The molecule has 29 heavy (non-hydrogen) atoms. The molecule has 0 amide bonds. The maximum Gasteiger partial charge on any atom is 0.308 e. The number of ether oxygens (including phenoxy) is 2. The van der Waals surface area contributed by atoms with Gasteiger partial charge in [-0.2, -0.15) is 15.8 Å². The number of hydrogen-bond acceptors (Lipinski definition) is 7. The fraction of sp³-hybridized carbons (Fsp3) is 0.364. The Morgan fingerprint density at radius 3 is 2.55 bits per heavy atom. The number of carbonyl (C=O) groups excluding carboxylic acids is 1. The Balaban J connectivity index is 2.26. The molecule has 0 saturated carbocycles. The Morgan fingerprint density at radius 1 is 1.24 bits per heavy atom. The van der Waals surface area contributed by atoms with Crippen molar-refractivity contribution in [3.05, 3.63) is 46.7 Å². The molecular weight excluding hydrogens is 368 g/mol. The van der Waals surface area contributed by atoms with E-state index in [4.69, 9.17) is 15.2 Å². The van der Waals surface area contributed by atoms with E-state index in [1.807, 2.05) is 6.08 Å². The van der Waals surface area contributed by atoms with E-state index in [9.17, 15) is 20.6 Å². The Morgan fingerprint density at radius 2 is 1.97 bits per heavy atom. The fourth-order valence-corrected chi connectivity index (χ4v) is 4.37. The van der Waals surface area contributed by atoms with Gasteiger partial charge in [0.05, 0.1) is 30.5 Å². The van der Waals surface area contributed by atoms with Crippen LogP contribution in [0.15, 0.2) is 41.1 Å². The van der Waals surface area contributed by atoms with Crippen LogP contribution in [0.3, 0.4) is 0 Å². The first-order chi connectivity index (χ1) is 13.9. The number of carbonyl (C=O) groups is 1. The Hall–Kier alpha value is -3.76. The summed E-state index contributed by atoms with van der Waals surface area (Å²) in [6.07, 6.45) is 4.42. The van der Waals surface area contributed by atoms with Crippen LogP contribution in [0.4, 0.5) is 0 Å². The highest BCUT2D eigenvalue weighted by molar-refractivity contribution is 5.70. The average molecular weight is 388 g/mol. The van der Waals surface area contributed by atoms with Crippen molar-refractivity contribution in [2.24, 2.45) is 17.1 Å². The first-order valence-corrected chi connectivity index (χ1v) is 9.23. The van der Waals surface area contributed by atoms with Gasteiger partial charge < -0.3 is 15.2 Å². The minimum Gasteiger partial charge on any atom is -0.493 e. The molecule has 2 aliphatic rings. The van der Waals surface area contributed by atoms with Gasteiger partial charge in [-0.15, -0.1) is 0 Å². The molecule has 0 saturated heterocycles. The monoisotopic (exact) mass is 388 g/mol. The van der Waals surface area contributed by atoms with Crippen molar-refractivity contribution in [2.75, 3.05) is 7.11 Å². The van der Waals surface area contributed by atoms with Crippen LogP contribution in [0.2, 0.25) is 0 Å². The summed E-state index contributed by atoms with van der Waals surface area (Å²) in [5, 5.41) is 29.7. The van der Waals surface area contributed by atoms with Crippen LogP contribution in [-0.4, -0.2) is 13.1 Å². The minimum atomic E-state index is -1.68. The number of methoxy groups -OCH3 is 1. The number of benzene rings is 1. The molecule has 3 rings (SSSR count). The van der Waals surface area contributed by atoms with Crippen LogP contribution in [0.5, 0.6) is 11.5 Å². The molecule has 7 heteroatoms. The zero-order valence-corrected chi connectivity index (χ0v) is 16.2. The maximum absolute atomic E-state index is 11.3. The van der Waals surface area contributed by atoms with Gasteiger partial charge in [0, 0.05) is 12.8 Å². The van der Waals surface area contributed by atoms with Crippen molar-refractivity contribution in [3.8, 4) is 29.7 Å². The van der Waals surface area contributed by atoms with E-state index in [2.05, 4.69) is 18.2 Å². The van der Waals surface area contributed by atoms with Gasteiger partial charge in [0.1, 0.15) is 6.07 Å². The topological polar surface area (TPSA) is 133 Å². The van der Waals surface area contributed by atoms with Gasteiger partial charge >= 0.3 is 5.97 Å². The standard InChI is InChI=1S/C22H20N4O3/c1-13(27)29-18-8-7-14(9-19(18)28-2)20-16-6-4-3-5-15(16)17(10-23)21(26)22(20,11-24)12-25/h5,7-9,16,20H,3-4,6,26H2,1-2H3/t16-,20-/m1/s1. The second-order valence-corrected chi connectivity index (χ2v) is 7.11. The van der Waals surface area contributed by atoms with Crippen LogP contribution in [0.25, 0.3) is 0 Å². The summed E-state index contributed by atoms with van der Waals surface area (Å²) in [4.78, 5) is 11.3. The number of nitriles is 3. The van der Waals surface area contributed by atoms with Crippen molar-refractivity contribution in [2.45, 2.75) is 32.1 Å².